The molecular formula is C18H17N7O. The number of hydrogen-bond donors (Lipinski definition) is 1. The Hall–Kier alpha value is -3.42. The van der Waals surface area contributed by atoms with E-state index in [-0.39, 0.29) is 11.9 Å². The van der Waals surface area contributed by atoms with Crippen LogP contribution in [0.3, 0.4) is 0 Å². The van der Waals surface area contributed by atoms with Gasteiger partial charge < -0.3 is 9.88 Å². The van der Waals surface area contributed by atoms with Gasteiger partial charge in [0, 0.05) is 38.1 Å². The van der Waals surface area contributed by atoms with Crippen molar-refractivity contribution in [3.8, 4) is 0 Å². The second-order valence-electron chi connectivity index (χ2n) is 6.40. The van der Waals surface area contributed by atoms with Gasteiger partial charge in [0.25, 0.3) is 5.91 Å². The first-order valence-electron chi connectivity index (χ1n) is 8.48. The van der Waals surface area contributed by atoms with Gasteiger partial charge in [0.05, 0.1) is 23.2 Å². The second kappa shape index (κ2) is 5.55. The summed E-state index contributed by atoms with van der Waals surface area (Å²) in [6.07, 6.45) is 5.96. The van der Waals surface area contributed by atoms with Crippen LogP contribution in [0.1, 0.15) is 33.6 Å². The maximum atomic E-state index is 13.2. The van der Waals surface area contributed by atoms with Crippen LogP contribution in [0.25, 0.3) is 5.52 Å². The van der Waals surface area contributed by atoms with Crippen molar-refractivity contribution >= 4 is 11.4 Å². The average molecular weight is 347 g/mol. The van der Waals surface area contributed by atoms with E-state index >= 15 is 0 Å². The molecule has 0 unspecified atom stereocenters. The molecule has 1 aliphatic rings. The molecule has 0 saturated carbocycles. The highest BCUT2D eigenvalue weighted by atomic mass is 16.2. The van der Waals surface area contributed by atoms with Gasteiger partial charge >= 0.3 is 0 Å². The van der Waals surface area contributed by atoms with Gasteiger partial charge in [0.1, 0.15) is 11.7 Å². The summed E-state index contributed by atoms with van der Waals surface area (Å²) in [5, 5.41) is 8.82. The van der Waals surface area contributed by atoms with Crippen molar-refractivity contribution in [2.75, 3.05) is 6.54 Å². The van der Waals surface area contributed by atoms with E-state index in [4.69, 9.17) is 5.10 Å². The number of rotatable bonds is 2. The first kappa shape index (κ1) is 14.9. The highest BCUT2D eigenvalue weighted by Gasteiger charge is 2.36. The molecule has 0 aromatic carbocycles. The molecule has 130 valence electrons. The van der Waals surface area contributed by atoms with E-state index in [1.165, 1.54) is 0 Å². The summed E-state index contributed by atoms with van der Waals surface area (Å²) in [6.45, 7) is 0.595. The van der Waals surface area contributed by atoms with Crippen molar-refractivity contribution in [1.82, 2.24) is 34.3 Å². The van der Waals surface area contributed by atoms with E-state index in [1.54, 1.807) is 30.3 Å². The van der Waals surface area contributed by atoms with E-state index in [0.29, 0.717) is 12.2 Å². The average Bonchev–Trinajstić information content (AvgIpc) is 3.38. The fraction of sp³-hybridized carbons (Fsp3) is 0.222. The molecule has 0 radical (unpaired) electrons. The monoisotopic (exact) mass is 347 g/mol. The number of hydrogen-bond acceptors (Lipinski definition) is 4. The zero-order valence-corrected chi connectivity index (χ0v) is 14.2. The number of H-pyrrole nitrogens is 1. The number of aromatic amines is 1. The molecule has 1 atom stereocenters. The first-order chi connectivity index (χ1) is 12.7. The maximum absolute atomic E-state index is 13.2. The van der Waals surface area contributed by atoms with E-state index in [9.17, 15) is 4.79 Å². The van der Waals surface area contributed by atoms with Crippen LogP contribution in [0.15, 0.2) is 49.1 Å². The molecule has 0 bridgehead atoms. The molecular weight excluding hydrogens is 330 g/mol. The van der Waals surface area contributed by atoms with Crippen LogP contribution in [0, 0.1) is 0 Å². The molecule has 5 heterocycles. The van der Waals surface area contributed by atoms with Gasteiger partial charge in [-0.2, -0.15) is 10.2 Å². The Morgan fingerprint density at radius 2 is 2.23 bits per heavy atom. The number of pyridine rings is 1. The Labute approximate surface area is 149 Å². The van der Waals surface area contributed by atoms with Crippen molar-refractivity contribution < 1.29 is 4.79 Å². The number of amides is 1. The predicted octanol–water partition coefficient (Wildman–Crippen LogP) is 1.58. The van der Waals surface area contributed by atoms with Crippen molar-refractivity contribution in [2.24, 2.45) is 7.05 Å². The van der Waals surface area contributed by atoms with Crippen LogP contribution < -0.4 is 0 Å². The molecule has 4 aromatic heterocycles. The molecule has 0 spiro atoms. The predicted molar refractivity (Wildman–Crippen MR) is 93.6 cm³/mol. The zero-order valence-electron chi connectivity index (χ0n) is 14.2. The molecule has 0 aliphatic carbocycles. The number of imidazole rings is 1. The van der Waals surface area contributed by atoms with Gasteiger partial charge in [-0.25, -0.2) is 9.50 Å². The topological polar surface area (TPSA) is 84.1 Å². The first-order valence-corrected chi connectivity index (χ1v) is 8.48. The highest BCUT2D eigenvalue weighted by molar-refractivity contribution is 5.93. The smallest absolute Gasteiger partial charge is 0.273 e. The lowest BCUT2D eigenvalue weighted by Gasteiger charge is -2.33. The Morgan fingerprint density at radius 1 is 1.31 bits per heavy atom. The lowest BCUT2D eigenvalue weighted by Crippen LogP contribution is -2.41. The third-order valence-corrected chi connectivity index (χ3v) is 4.89. The van der Waals surface area contributed by atoms with Crippen LogP contribution in [-0.2, 0) is 13.5 Å². The molecule has 8 nitrogen and oxygen atoms in total. The summed E-state index contributed by atoms with van der Waals surface area (Å²) < 4.78 is 3.42. The van der Waals surface area contributed by atoms with Crippen molar-refractivity contribution in [3.05, 3.63) is 71.8 Å². The van der Waals surface area contributed by atoms with Gasteiger partial charge in [-0.15, -0.1) is 0 Å². The third kappa shape index (κ3) is 2.15. The van der Waals surface area contributed by atoms with Gasteiger partial charge in [-0.05, 0) is 24.3 Å². The molecule has 4 aromatic rings. The molecule has 1 amide bonds. The van der Waals surface area contributed by atoms with Crippen LogP contribution in [0.2, 0.25) is 0 Å². The minimum absolute atomic E-state index is 0.0688. The SMILES string of the molecule is Cn1nccc1C(=O)N1CCc2[nH]cnc2[C@@H]1c1cc2ccccn2n1. The summed E-state index contributed by atoms with van der Waals surface area (Å²) >= 11 is 0. The molecule has 1 aliphatic heterocycles. The third-order valence-electron chi connectivity index (χ3n) is 4.89. The van der Waals surface area contributed by atoms with Gasteiger partial charge in [0.2, 0.25) is 0 Å². The lowest BCUT2D eigenvalue weighted by atomic mass is 9.99. The van der Waals surface area contributed by atoms with E-state index < -0.39 is 0 Å². The van der Waals surface area contributed by atoms with Crippen molar-refractivity contribution in [3.63, 3.8) is 0 Å². The van der Waals surface area contributed by atoms with Crippen LogP contribution >= 0.6 is 0 Å². The Balaban J connectivity index is 1.64. The van der Waals surface area contributed by atoms with Gasteiger partial charge in [0.15, 0.2) is 0 Å². The molecule has 26 heavy (non-hydrogen) atoms. The Kier molecular flexibility index (Phi) is 3.18. The summed E-state index contributed by atoms with van der Waals surface area (Å²) in [7, 11) is 1.77. The normalized spacial score (nSPS) is 16.8. The molecule has 0 fully saturated rings. The largest absolute Gasteiger partial charge is 0.348 e. The minimum Gasteiger partial charge on any atom is -0.348 e. The van der Waals surface area contributed by atoms with E-state index in [0.717, 1.165) is 29.0 Å². The molecule has 5 rings (SSSR count). The quantitative estimate of drug-likeness (QED) is 0.597. The number of aromatic nitrogens is 6. The Bertz CT molecular complexity index is 1070. The fourth-order valence-corrected chi connectivity index (χ4v) is 3.62. The fourth-order valence-electron chi connectivity index (χ4n) is 3.62. The molecule has 8 heteroatoms. The Morgan fingerprint density at radius 3 is 3.04 bits per heavy atom. The number of nitrogens with one attached hydrogen (secondary N) is 1. The lowest BCUT2D eigenvalue weighted by molar-refractivity contribution is 0.0675. The van der Waals surface area contributed by atoms with Crippen LogP contribution in [0.5, 0.6) is 0 Å². The number of nitrogens with zero attached hydrogens (tertiary/aromatic N) is 6. The van der Waals surface area contributed by atoms with Crippen molar-refractivity contribution in [1.29, 1.82) is 0 Å². The maximum Gasteiger partial charge on any atom is 0.273 e. The highest BCUT2D eigenvalue weighted by Crippen LogP contribution is 2.34. The second-order valence-corrected chi connectivity index (χ2v) is 6.40. The van der Waals surface area contributed by atoms with Crippen LogP contribution in [0.4, 0.5) is 0 Å². The van der Waals surface area contributed by atoms with Gasteiger partial charge in [-0.1, -0.05) is 6.07 Å². The number of carbonyl (C=O) groups is 1. The van der Waals surface area contributed by atoms with E-state index in [2.05, 4.69) is 15.1 Å². The number of fused-ring (bicyclic) bond motifs is 2. The molecule has 1 N–H and O–H groups in total. The van der Waals surface area contributed by atoms with Crippen LogP contribution in [-0.4, -0.2) is 46.7 Å². The number of aryl methyl sites for hydroxylation is 1. The standard InChI is InChI=1S/C18H17N7O/c1-23-15(5-7-21-23)18(26)24-9-6-13-16(20-11-19-13)17(24)14-10-12-4-2-3-8-25(12)22-14/h2-5,7-8,10-11,17H,6,9H2,1H3,(H,19,20)/t17-/m0/s1. The molecule has 0 saturated heterocycles. The van der Waals surface area contributed by atoms with Gasteiger partial charge in [-0.3, -0.25) is 9.48 Å². The number of carbonyl (C=O) groups excluding carboxylic acids is 1. The summed E-state index contributed by atoms with van der Waals surface area (Å²) in [5.74, 6) is -0.0688. The van der Waals surface area contributed by atoms with E-state index in [1.807, 2.05) is 39.9 Å². The minimum atomic E-state index is -0.327. The summed E-state index contributed by atoms with van der Waals surface area (Å²) in [5.41, 5.74) is 4.26. The zero-order chi connectivity index (χ0) is 17.7. The summed E-state index contributed by atoms with van der Waals surface area (Å²) in [4.78, 5) is 22.7. The summed E-state index contributed by atoms with van der Waals surface area (Å²) in [6, 6.07) is 9.33. The van der Waals surface area contributed by atoms with Crippen molar-refractivity contribution in [2.45, 2.75) is 12.5 Å².